The average Bonchev–Trinajstić information content (AvgIpc) is 3.04. The predicted octanol–water partition coefficient (Wildman–Crippen LogP) is 4.11. The Hall–Kier alpha value is -2.99. The Balaban J connectivity index is 1.54. The molecule has 132 valence electrons. The van der Waals surface area contributed by atoms with Gasteiger partial charge >= 0.3 is 5.97 Å². The molecule has 26 heavy (non-hydrogen) atoms. The number of thiazole rings is 1. The molecule has 0 aliphatic carbocycles. The molecule has 0 spiro atoms. The van der Waals surface area contributed by atoms with Gasteiger partial charge in [-0.3, -0.25) is 4.79 Å². The van der Waals surface area contributed by atoms with Crippen molar-refractivity contribution < 1.29 is 14.3 Å². The van der Waals surface area contributed by atoms with Gasteiger partial charge in [-0.15, -0.1) is 11.3 Å². The topological polar surface area (TPSA) is 68.3 Å². The van der Waals surface area contributed by atoms with E-state index >= 15 is 0 Å². The molecule has 0 unspecified atom stereocenters. The van der Waals surface area contributed by atoms with Crippen molar-refractivity contribution in [2.45, 2.75) is 13.8 Å². The van der Waals surface area contributed by atoms with E-state index in [9.17, 15) is 9.59 Å². The Labute approximate surface area is 155 Å². The molecule has 1 aromatic heterocycles. The lowest BCUT2D eigenvalue weighted by Gasteiger charge is -2.11. The summed E-state index contributed by atoms with van der Waals surface area (Å²) in [5.74, 6) is -0.954. The van der Waals surface area contributed by atoms with Crippen molar-refractivity contribution in [2.24, 2.45) is 0 Å². The molecule has 0 bridgehead atoms. The van der Waals surface area contributed by atoms with E-state index in [4.69, 9.17) is 4.74 Å². The van der Waals surface area contributed by atoms with E-state index in [0.717, 1.165) is 27.0 Å². The minimum absolute atomic E-state index is 0.337. The number of aromatic nitrogens is 1. The van der Waals surface area contributed by atoms with E-state index in [1.54, 1.807) is 6.08 Å². The summed E-state index contributed by atoms with van der Waals surface area (Å²) in [6, 6.07) is 13.5. The molecular weight excluding hydrogens is 348 g/mol. The number of anilines is 1. The number of hydrogen-bond acceptors (Lipinski definition) is 5. The quantitative estimate of drug-likeness (QED) is 0.545. The van der Waals surface area contributed by atoms with Gasteiger partial charge in [0.05, 0.1) is 10.2 Å². The highest BCUT2D eigenvalue weighted by atomic mass is 32.1. The standard InChI is InChI=1S/C20H18N2O3S/c1-13-6-5-7-14(2)20(13)22-17(23)12-25-19(24)11-10-18-21-15-8-3-4-9-16(15)26-18/h3-11H,12H2,1-2H3,(H,22,23)/b11-10+. The van der Waals surface area contributed by atoms with E-state index < -0.39 is 5.97 Å². The molecule has 0 aliphatic rings. The normalized spacial score (nSPS) is 11.0. The fourth-order valence-electron chi connectivity index (χ4n) is 2.47. The van der Waals surface area contributed by atoms with Gasteiger partial charge in [0.15, 0.2) is 6.61 Å². The summed E-state index contributed by atoms with van der Waals surface area (Å²) in [5, 5.41) is 3.49. The second-order valence-electron chi connectivity index (χ2n) is 5.78. The molecule has 0 radical (unpaired) electrons. The number of esters is 1. The maximum Gasteiger partial charge on any atom is 0.331 e. The van der Waals surface area contributed by atoms with Gasteiger partial charge in [0.25, 0.3) is 5.91 Å². The molecule has 3 rings (SSSR count). The lowest BCUT2D eigenvalue weighted by molar-refractivity contribution is -0.142. The van der Waals surface area contributed by atoms with Crippen molar-refractivity contribution in [3.8, 4) is 0 Å². The van der Waals surface area contributed by atoms with E-state index in [2.05, 4.69) is 10.3 Å². The Bertz CT molecular complexity index is 938. The van der Waals surface area contributed by atoms with E-state index in [1.165, 1.54) is 17.4 Å². The number of ether oxygens (including phenoxy) is 1. The van der Waals surface area contributed by atoms with Crippen molar-refractivity contribution in [1.29, 1.82) is 0 Å². The van der Waals surface area contributed by atoms with Crippen LogP contribution in [0.1, 0.15) is 16.1 Å². The van der Waals surface area contributed by atoms with E-state index in [-0.39, 0.29) is 12.5 Å². The van der Waals surface area contributed by atoms with Gasteiger partial charge in [0.1, 0.15) is 5.01 Å². The summed E-state index contributed by atoms with van der Waals surface area (Å²) >= 11 is 1.48. The van der Waals surface area contributed by atoms with Crippen molar-refractivity contribution >= 4 is 45.2 Å². The largest absolute Gasteiger partial charge is 0.452 e. The van der Waals surface area contributed by atoms with Gasteiger partial charge in [0, 0.05) is 11.8 Å². The predicted molar refractivity (Wildman–Crippen MR) is 104 cm³/mol. The summed E-state index contributed by atoms with van der Waals surface area (Å²) in [6.07, 6.45) is 2.88. The first-order chi connectivity index (χ1) is 12.5. The lowest BCUT2D eigenvalue weighted by atomic mass is 10.1. The fourth-order valence-corrected chi connectivity index (χ4v) is 3.34. The monoisotopic (exact) mass is 366 g/mol. The maximum atomic E-state index is 12.0. The molecule has 2 aromatic carbocycles. The van der Waals surface area contributed by atoms with Crippen LogP contribution in [0.2, 0.25) is 0 Å². The third kappa shape index (κ3) is 4.34. The molecule has 0 saturated heterocycles. The Morgan fingerprint density at radius 3 is 2.58 bits per heavy atom. The van der Waals surface area contributed by atoms with Crippen LogP contribution in [-0.2, 0) is 14.3 Å². The third-order valence-corrected chi connectivity index (χ3v) is 4.77. The minimum atomic E-state index is -0.582. The number of nitrogens with zero attached hydrogens (tertiary/aromatic N) is 1. The highest BCUT2D eigenvalue weighted by Crippen LogP contribution is 2.22. The van der Waals surface area contributed by atoms with Gasteiger partial charge in [0.2, 0.25) is 0 Å². The van der Waals surface area contributed by atoms with Crippen LogP contribution in [-0.4, -0.2) is 23.5 Å². The number of rotatable bonds is 5. The number of carbonyl (C=O) groups is 2. The van der Waals surface area contributed by atoms with Crippen molar-refractivity contribution in [3.63, 3.8) is 0 Å². The Morgan fingerprint density at radius 1 is 1.12 bits per heavy atom. The average molecular weight is 366 g/mol. The zero-order valence-electron chi connectivity index (χ0n) is 14.5. The van der Waals surface area contributed by atoms with Crippen LogP contribution >= 0.6 is 11.3 Å². The second kappa shape index (κ2) is 7.93. The van der Waals surface area contributed by atoms with Gasteiger partial charge in [-0.2, -0.15) is 0 Å². The minimum Gasteiger partial charge on any atom is -0.452 e. The number of benzene rings is 2. The number of nitrogens with one attached hydrogen (secondary N) is 1. The highest BCUT2D eigenvalue weighted by molar-refractivity contribution is 7.19. The summed E-state index contributed by atoms with van der Waals surface area (Å²) in [5.41, 5.74) is 3.55. The Kier molecular flexibility index (Phi) is 5.43. The zero-order valence-corrected chi connectivity index (χ0v) is 15.3. The molecule has 0 saturated carbocycles. The molecule has 0 fully saturated rings. The molecule has 1 heterocycles. The van der Waals surface area contributed by atoms with Crippen molar-refractivity contribution in [2.75, 3.05) is 11.9 Å². The second-order valence-corrected chi connectivity index (χ2v) is 6.84. The number of aryl methyl sites for hydroxylation is 2. The van der Waals surface area contributed by atoms with E-state index in [1.807, 2.05) is 56.3 Å². The molecule has 3 aromatic rings. The van der Waals surface area contributed by atoms with Crippen LogP contribution < -0.4 is 5.32 Å². The van der Waals surface area contributed by atoms with Crippen LogP contribution in [0.15, 0.2) is 48.5 Å². The van der Waals surface area contributed by atoms with Crippen LogP contribution in [0.5, 0.6) is 0 Å². The van der Waals surface area contributed by atoms with Crippen molar-refractivity contribution in [1.82, 2.24) is 4.98 Å². The summed E-state index contributed by atoms with van der Waals surface area (Å²) in [7, 11) is 0. The third-order valence-electron chi connectivity index (χ3n) is 3.76. The zero-order chi connectivity index (χ0) is 18.5. The van der Waals surface area contributed by atoms with Crippen LogP contribution in [0.3, 0.4) is 0 Å². The van der Waals surface area contributed by atoms with Crippen LogP contribution in [0.25, 0.3) is 16.3 Å². The Morgan fingerprint density at radius 2 is 1.85 bits per heavy atom. The molecule has 1 amide bonds. The molecular formula is C20H18N2O3S. The first-order valence-electron chi connectivity index (χ1n) is 8.09. The van der Waals surface area contributed by atoms with Gasteiger partial charge in [-0.05, 0) is 43.2 Å². The summed E-state index contributed by atoms with van der Waals surface area (Å²) < 4.78 is 6.04. The fraction of sp³-hybridized carbons (Fsp3) is 0.150. The number of hydrogen-bond donors (Lipinski definition) is 1. The summed E-state index contributed by atoms with van der Waals surface area (Å²) in [6.45, 7) is 3.49. The maximum absolute atomic E-state index is 12.0. The SMILES string of the molecule is Cc1cccc(C)c1NC(=O)COC(=O)/C=C/c1nc2ccccc2s1. The number of amides is 1. The first kappa shape index (κ1) is 17.8. The van der Waals surface area contributed by atoms with Gasteiger partial charge in [-0.25, -0.2) is 9.78 Å². The molecule has 5 nitrogen and oxygen atoms in total. The highest BCUT2D eigenvalue weighted by Gasteiger charge is 2.09. The lowest BCUT2D eigenvalue weighted by Crippen LogP contribution is -2.21. The smallest absolute Gasteiger partial charge is 0.331 e. The number of fused-ring (bicyclic) bond motifs is 1. The van der Waals surface area contributed by atoms with Crippen LogP contribution in [0, 0.1) is 13.8 Å². The van der Waals surface area contributed by atoms with Gasteiger partial charge in [-0.1, -0.05) is 30.3 Å². The summed E-state index contributed by atoms with van der Waals surface area (Å²) in [4.78, 5) is 28.2. The van der Waals surface area contributed by atoms with E-state index in [0.29, 0.717) is 5.01 Å². The first-order valence-corrected chi connectivity index (χ1v) is 8.91. The molecule has 6 heteroatoms. The molecule has 1 N–H and O–H groups in total. The molecule has 0 aliphatic heterocycles. The number of para-hydroxylation sites is 2. The number of carbonyl (C=O) groups excluding carboxylic acids is 2. The van der Waals surface area contributed by atoms with Crippen LogP contribution in [0.4, 0.5) is 5.69 Å². The van der Waals surface area contributed by atoms with Gasteiger partial charge < -0.3 is 10.1 Å². The molecule has 0 atom stereocenters. The van der Waals surface area contributed by atoms with Crippen molar-refractivity contribution in [3.05, 3.63) is 64.7 Å².